The molecule has 1 aromatic carbocycles. The van der Waals surface area contributed by atoms with E-state index in [0.717, 1.165) is 17.2 Å². The molecule has 0 saturated carbocycles. The molecule has 1 heterocycles. The first-order chi connectivity index (χ1) is 7.24. The third-order valence-corrected chi connectivity index (χ3v) is 1.95. The molecule has 0 aliphatic heterocycles. The predicted molar refractivity (Wildman–Crippen MR) is 62.8 cm³/mol. The van der Waals surface area contributed by atoms with Crippen molar-refractivity contribution in [3.63, 3.8) is 0 Å². The standard InChI is InChI=1S/C11H12N4/c12-8-4-6-9(7-5-8)14-11-3-1-2-10(13)15-11/h1-7H,12H2,(H3,13,14,15). The van der Waals surface area contributed by atoms with Crippen LogP contribution in [0.15, 0.2) is 42.5 Å². The van der Waals surface area contributed by atoms with E-state index in [1.165, 1.54) is 0 Å². The highest BCUT2D eigenvalue weighted by Crippen LogP contribution is 2.16. The van der Waals surface area contributed by atoms with Gasteiger partial charge in [-0.1, -0.05) is 6.07 Å². The van der Waals surface area contributed by atoms with Crippen LogP contribution in [0.3, 0.4) is 0 Å². The van der Waals surface area contributed by atoms with E-state index in [1.807, 2.05) is 36.4 Å². The number of rotatable bonds is 2. The molecule has 2 rings (SSSR count). The number of nitrogens with two attached hydrogens (primary N) is 2. The summed E-state index contributed by atoms with van der Waals surface area (Å²) < 4.78 is 0. The molecule has 0 aliphatic rings. The Morgan fingerprint density at radius 3 is 2.33 bits per heavy atom. The molecule has 0 atom stereocenters. The number of nitrogen functional groups attached to an aromatic ring is 2. The molecule has 5 N–H and O–H groups in total. The Balaban J connectivity index is 2.18. The molecule has 0 amide bonds. The van der Waals surface area contributed by atoms with Crippen LogP contribution in [-0.2, 0) is 0 Å². The summed E-state index contributed by atoms with van der Waals surface area (Å²) in [4.78, 5) is 4.13. The monoisotopic (exact) mass is 200 g/mol. The molecule has 0 unspecified atom stereocenters. The summed E-state index contributed by atoms with van der Waals surface area (Å²) in [5.41, 5.74) is 12.8. The second kappa shape index (κ2) is 3.88. The smallest absolute Gasteiger partial charge is 0.132 e. The summed E-state index contributed by atoms with van der Waals surface area (Å²) in [5, 5.41) is 3.13. The van der Waals surface area contributed by atoms with Crippen molar-refractivity contribution in [2.45, 2.75) is 0 Å². The van der Waals surface area contributed by atoms with Crippen LogP contribution in [0.4, 0.5) is 23.0 Å². The summed E-state index contributed by atoms with van der Waals surface area (Å²) in [6.07, 6.45) is 0. The number of pyridine rings is 1. The summed E-state index contributed by atoms with van der Waals surface area (Å²) >= 11 is 0. The van der Waals surface area contributed by atoms with Gasteiger partial charge in [-0.3, -0.25) is 0 Å². The van der Waals surface area contributed by atoms with Crippen LogP contribution >= 0.6 is 0 Å². The number of nitrogens with zero attached hydrogens (tertiary/aromatic N) is 1. The van der Waals surface area contributed by atoms with Crippen LogP contribution in [0.1, 0.15) is 0 Å². The maximum Gasteiger partial charge on any atom is 0.132 e. The lowest BCUT2D eigenvalue weighted by atomic mass is 10.3. The van der Waals surface area contributed by atoms with E-state index in [0.29, 0.717) is 5.82 Å². The van der Waals surface area contributed by atoms with Gasteiger partial charge in [0.2, 0.25) is 0 Å². The van der Waals surface area contributed by atoms with Crippen molar-refractivity contribution >= 4 is 23.0 Å². The average molecular weight is 200 g/mol. The first-order valence-electron chi connectivity index (χ1n) is 4.59. The van der Waals surface area contributed by atoms with E-state index in [-0.39, 0.29) is 0 Å². The molecule has 0 saturated heterocycles. The lowest BCUT2D eigenvalue weighted by Gasteiger charge is -2.05. The molecule has 0 bridgehead atoms. The van der Waals surface area contributed by atoms with Crippen molar-refractivity contribution in [3.05, 3.63) is 42.5 Å². The molecule has 1 aromatic heterocycles. The van der Waals surface area contributed by atoms with Gasteiger partial charge in [-0.2, -0.15) is 0 Å². The highest BCUT2D eigenvalue weighted by Gasteiger charge is 1.95. The first kappa shape index (κ1) is 9.33. The zero-order chi connectivity index (χ0) is 10.7. The molecular formula is C11H12N4. The first-order valence-corrected chi connectivity index (χ1v) is 4.59. The number of nitrogens with one attached hydrogen (secondary N) is 1. The van der Waals surface area contributed by atoms with Crippen LogP contribution in [0.2, 0.25) is 0 Å². The molecular weight excluding hydrogens is 188 g/mol. The number of aromatic nitrogens is 1. The summed E-state index contributed by atoms with van der Waals surface area (Å²) in [6, 6.07) is 12.9. The quantitative estimate of drug-likeness (QED) is 0.648. The minimum atomic E-state index is 0.496. The fraction of sp³-hybridized carbons (Fsp3) is 0. The Labute approximate surface area is 87.9 Å². The van der Waals surface area contributed by atoms with Gasteiger partial charge >= 0.3 is 0 Å². The zero-order valence-electron chi connectivity index (χ0n) is 8.14. The van der Waals surface area contributed by atoms with Crippen molar-refractivity contribution in [1.82, 2.24) is 4.98 Å². The van der Waals surface area contributed by atoms with Crippen LogP contribution in [-0.4, -0.2) is 4.98 Å². The summed E-state index contributed by atoms with van der Waals surface area (Å²) in [6.45, 7) is 0. The highest BCUT2D eigenvalue weighted by molar-refractivity contribution is 5.60. The lowest BCUT2D eigenvalue weighted by molar-refractivity contribution is 1.32. The third kappa shape index (κ3) is 2.37. The second-order valence-electron chi connectivity index (χ2n) is 3.19. The van der Waals surface area contributed by atoms with E-state index in [2.05, 4.69) is 10.3 Å². The van der Waals surface area contributed by atoms with Gasteiger partial charge in [0.25, 0.3) is 0 Å². The normalized spacial score (nSPS) is 9.87. The van der Waals surface area contributed by atoms with Gasteiger partial charge in [0, 0.05) is 11.4 Å². The SMILES string of the molecule is Nc1ccc(Nc2cccc(N)n2)cc1. The Morgan fingerprint density at radius 1 is 0.933 bits per heavy atom. The third-order valence-electron chi connectivity index (χ3n) is 1.95. The maximum absolute atomic E-state index is 5.58. The highest BCUT2D eigenvalue weighted by atomic mass is 15.0. The van der Waals surface area contributed by atoms with Gasteiger partial charge in [0.1, 0.15) is 11.6 Å². The van der Waals surface area contributed by atoms with Gasteiger partial charge in [-0.25, -0.2) is 4.98 Å². The zero-order valence-corrected chi connectivity index (χ0v) is 8.14. The van der Waals surface area contributed by atoms with Gasteiger partial charge in [0.05, 0.1) is 0 Å². The Bertz CT molecular complexity index is 450. The minimum absolute atomic E-state index is 0.496. The fourth-order valence-corrected chi connectivity index (χ4v) is 1.24. The van der Waals surface area contributed by atoms with Gasteiger partial charge in [0.15, 0.2) is 0 Å². The molecule has 4 nitrogen and oxygen atoms in total. The van der Waals surface area contributed by atoms with Crippen molar-refractivity contribution in [2.24, 2.45) is 0 Å². The molecule has 4 heteroatoms. The topological polar surface area (TPSA) is 77.0 Å². The molecule has 0 fully saturated rings. The van der Waals surface area contributed by atoms with Crippen molar-refractivity contribution in [1.29, 1.82) is 0 Å². The van der Waals surface area contributed by atoms with Crippen molar-refractivity contribution in [2.75, 3.05) is 16.8 Å². The molecule has 2 aromatic rings. The number of hydrogen-bond acceptors (Lipinski definition) is 4. The van der Waals surface area contributed by atoms with E-state index in [4.69, 9.17) is 11.5 Å². The largest absolute Gasteiger partial charge is 0.399 e. The number of benzene rings is 1. The van der Waals surface area contributed by atoms with Crippen LogP contribution in [0.25, 0.3) is 0 Å². The van der Waals surface area contributed by atoms with Crippen molar-refractivity contribution in [3.8, 4) is 0 Å². The van der Waals surface area contributed by atoms with Crippen molar-refractivity contribution < 1.29 is 0 Å². The maximum atomic E-state index is 5.58. The van der Waals surface area contributed by atoms with Crippen LogP contribution in [0, 0.1) is 0 Å². The summed E-state index contributed by atoms with van der Waals surface area (Å²) in [7, 11) is 0. The summed E-state index contributed by atoms with van der Waals surface area (Å²) in [5.74, 6) is 1.22. The predicted octanol–water partition coefficient (Wildman–Crippen LogP) is 1.99. The van der Waals surface area contributed by atoms with E-state index in [9.17, 15) is 0 Å². The van der Waals surface area contributed by atoms with E-state index < -0.39 is 0 Å². The Hall–Kier alpha value is -2.23. The minimum Gasteiger partial charge on any atom is -0.399 e. The molecule has 76 valence electrons. The molecule has 0 aliphatic carbocycles. The van der Waals surface area contributed by atoms with E-state index in [1.54, 1.807) is 6.07 Å². The fourth-order valence-electron chi connectivity index (χ4n) is 1.24. The average Bonchev–Trinajstić information content (AvgIpc) is 2.22. The van der Waals surface area contributed by atoms with Crippen LogP contribution < -0.4 is 16.8 Å². The van der Waals surface area contributed by atoms with E-state index >= 15 is 0 Å². The molecule has 0 spiro atoms. The Kier molecular flexibility index (Phi) is 2.41. The number of anilines is 4. The lowest BCUT2D eigenvalue weighted by Crippen LogP contribution is -1.96. The molecule has 0 radical (unpaired) electrons. The second-order valence-corrected chi connectivity index (χ2v) is 3.19. The van der Waals surface area contributed by atoms with Crippen LogP contribution in [0.5, 0.6) is 0 Å². The Morgan fingerprint density at radius 2 is 1.67 bits per heavy atom. The van der Waals surface area contributed by atoms with Gasteiger partial charge in [-0.05, 0) is 36.4 Å². The van der Waals surface area contributed by atoms with Gasteiger partial charge < -0.3 is 16.8 Å². The van der Waals surface area contributed by atoms with Gasteiger partial charge in [-0.15, -0.1) is 0 Å². The number of hydrogen-bond donors (Lipinski definition) is 3. The molecule has 15 heavy (non-hydrogen) atoms.